The van der Waals surface area contributed by atoms with Gasteiger partial charge in [-0.2, -0.15) is 13.1 Å². The number of hydrogen-bond donors (Lipinski definition) is 1. The van der Waals surface area contributed by atoms with Crippen molar-refractivity contribution in [1.29, 1.82) is 0 Å². The number of sulfonamides is 1. The van der Waals surface area contributed by atoms with E-state index in [0.717, 1.165) is 0 Å². The molecular formula is C19H21ClF2N2O4S. The summed E-state index contributed by atoms with van der Waals surface area (Å²) in [5, 5.41) is 2.62. The summed E-state index contributed by atoms with van der Waals surface area (Å²) in [5.74, 6) is -0.704. The lowest BCUT2D eigenvalue weighted by atomic mass is 10.1. The first kappa shape index (κ1) is 23.1. The van der Waals surface area contributed by atoms with E-state index in [-0.39, 0.29) is 40.9 Å². The van der Waals surface area contributed by atoms with Crippen LogP contribution in [0, 0.1) is 0 Å². The first-order chi connectivity index (χ1) is 13.7. The minimum atomic E-state index is -3.77. The smallest absolute Gasteiger partial charge is 0.387 e. The lowest BCUT2D eigenvalue weighted by Gasteiger charge is -2.19. The third-order valence-corrected chi connectivity index (χ3v) is 6.53. The van der Waals surface area contributed by atoms with E-state index in [2.05, 4.69) is 10.1 Å². The van der Waals surface area contributed by atoms with E-state index < -0.39 is 22.5 Å². The maximum Gasteiger partial charge on any atom is 0.387 e. The van der Waals surface area contributed by atoms with Gasteiger partial charge in [-0.25, -0.2) is 8.42 Å². The van der Waals surface area contributed by atoms with Gasteiger partial charge in [0.25, 0.3) is 5.91 Å². The molecule has 0 fully saturated rings. The number of amides is 1. The van der Waals surface area contributed by atoms with E-state index in [1.165, 1.54) is 40.7 Å². The summed E-state index contributed by atoms with van der Waals surface area (Å²) in [6.45, 7) is 0.884. The standard InChI is InChI=1S/C19H21ClF2N2O4S/c1-3-24(4-2)29(26,27)14-9-10-16(20)15(11-14)18(25)23-12-13-7-5-6-8-17(13)28-19(21)22/h5-11,19H,3-4,12H2,1-2H3,(H,23,25). The van der Waals surface area contributed by atoms with Crippen LogP contribution in [-0.2, 0) is 16.6 Å². The Balaban J connectivity index is 2.24. The number of nitrogens with one attached hydrogen (secondary N) is 1. The van der Waals surface area contributed by atoms with Crippen LogP contribution in [0.3, 0.4) is 0 Å². The summed E-state index contributed by atoms with van der Waals surface area (Å²) in [6, 6.07) is 9.90. The topological polar surface area (TPSA) is 75.7 Å². The number of rotatable bonds is 9. The molecule has 1 N–H and O–H groups in total. The summed E-state index contributed by atoms with van der Waals surface area (Å²) in [6.07, 6.45) is 0. The van der Waals surface area contributed by atoms with Gasteiger partial charge in [0.1, 0.15) is 5.75 Å². The molecule has 6 nitrogen and oxygen atoms in total. The van der Waals surface area contributed by atoms with E-state index in [1.54, 1.807) is 19.9 Å². The molecule has 0 aliphatic rings. The second-order valence-electron chi connectivity index (χ2n) is 5.90. The molecule has 2 rings (SSSR count). The maximum absolute atomic E-state index is 12.7. The van der Waals surface area contributed by atoms with Crippen molar-refractivity contribution in [3.63, 3.8) is 0 Å². The maximum atomic E-state index is 12.7. The molecule has 0 atom stereocenters. The zero-order chi connectivity index (χ0) is 21.6. The number of ether oxygens (including phenoxy) is 1. The Bertz CT molecular complexity index is 966. The number of benzene rings is 2. The zero-order valence-electron chi connectivity index (χ0n) is 15.9. The Morgan fingerprint density at radius 1 is 1.17 bits per heavy atom. The fourth-order valence-electron chi connectivity index (χ4n) is 2.68. The molecule has 0 spiro atoms. The van der Waals surface area contributed by atoms with Crippen LogP contribution < -0.4 is 10.1 Å². The number of para-hydroxylation sites is 1. The first-order valence-corrected chi connectivity index (χ1v) is 10.6. The molecule has 158 valence electrons. The second kappa shape index (κ2) is 10.00. The minimum Gasteiger partial charge on any atom is -0.434 e. The number of nitrogens with zero attached hydrogens (tertiary/aromatic N) is 1. The Hall–Kier alpha value is -2.23. The Morgan fingerprint density at radius 2 is 1.83 bits per heavy atom. The second-order valence-corrected chi connectivity index (χ2v) is 8.25. The van der Waals surface area contributed by atoms with Gasteiger partial charge >= 0.3 is 6.61 Å². The van der Waals surface area contributed by atoms with Crippen molar-refractivity contribution in [2.75, 3.05) is 13.1 Å². The van der Waals surface area contributed by atoms with E-state index in [1.807, 2.05) is 0 Å². The van der Waals surface area contributed by atoms with Crippen LogP contribution in [0.1, 0.15) is 29.8 Å². The first-order valence-electron chi connectivity index (χ1n) is 8.81. The molecule has 0 aliphatic carbocycles. The molecule has 10 heteroatoms. The van der Waals surface area contributed by atoms with Crippen LogP contribution in [0.4, 0.5) is 8.78 Å². The van der Waals surface area contributed by atoms with Gasteiger partial charge in [-0.3, -0.25) is 4.79 Å². The summed E-state index contributed by atoms with van der Waals surface area (Å²) in [5.41, 5.74) is 0.302. The summed E-state index contributed by atoms with van der Waals surface area (Å²) in [7, 11) is -3.77. The Labute approximate surface area is 173 Å². The molecule has 0 bridgehead atoms. The average Bonchev–Trinajstić information content (AvgIpc) is 2.67. The molecule has 0 aromatic heterocycles. The van der Waals surface area contributed by atoms with Gasteiger partial charge in [-0.15, -0.1) is 0 Å². The summed E-state index contributed by atoms with van der Waals surface area (Å²) >= 11 is 6.08. The van der Waals surface area contributed by atoms with Crippen LogP contribution in [0.2, 0.25) is 5.02 Å². The lowest BCUT2D eigenvalue weighted by Crippen LogP contribution is -2.31. The molecular weight excluding hydrogens is 426 g/mol. The molecule has 0 saturated heterocycles. The normalized spacial score (nSPS) is 11.7. The highest BCUT2D eigenvalue weighted by atomic mass is 35.5. The van der Waals surface area contributed by atoms with E-state index in [9.17, 15) is 22.0 Å². The SMILES string of the molecule is CCN(CC)S(=O)(=O)c1ccc(Cl)c(C(=O)NCc2ccccc2OC(F)F)c1. The van der Waals surface area contributed by atoms with Gasteiger partial charge in [0.15, 0.2) is 0 Å². The number of hydrogen-bond acceptors (Lipinski definition) is 4. The average molecular weight is 447 g/mol. The number of halogens is 3. The van der Waals surface area contributed by atoms with E-state index in [4.69, 9.17) is 11.6 Å². The van der Waals surface area contributed by atoms with Crippen molar-refractivity contribution in [3.05, 3.63) is 58.6 Å². The van der Waals surface area contributed by atoms with Crippen LogP contribution in [0.15, 0.2) is 47.4 Å². The van der Waals surface area contributed by atoms with Gasteiger partial charge < -0.3 is 10.1 Å². The molecule has 0 unspecified atom stereocenters. The molecule has 0 saturated carbocycles. The molecule has 1 amide bonds. The van der Waals surface area contributed by atoms with Gasteiger partial charge in [0.05, 0.1) is 15.5 Å². The van der Waals surface area contributed by atoms with Crippen molar-refractivity contribution in [3.8, 4) is 5.75 Å². The molecule has 0 heterocycles. The van der Waals surface area contributed by atoms with E-state index >= 15 is 0 Å². The number of alkyl halides is 2. The van der Waals surface area contributed by atoms with Crippen LogP contribution in [-0.4, -0.2) is 38.3 Å². The van der Waals surface area contributed by atoms with E-state index in [0.29, 0.717) is 5.56 Å². The predicted molar refractivity (Wildman–Crippen MR) is 106 cm³/mol. The third-order valence-electron chi connectivity index (χ3n) is 4.15. The Morgan fingerprint density at radius 3 is 2.45 bits per heavy atom. The Kier molecular flexibility index (Phi) is 7.95. The molecule has 0 radical (unpaired) electrons. The quantitative estimate of drug-likeness (QED) is 0.633. The molecule has 29 heavy (non-hydrogen) atoms. The van der Waals surface area contributed by atoms with Crippen molar-refractivity contribution in [1.82, 2.24) is 9.62 Å². The molecule has 0 aliphatic heterocycles. The van der Waals surface area contributed by atoms with Crippen molar-refractivity contribution in [2.45, 2.75) is 31.9 Å². The molecule has 2 aromatic rings. The van der Waals surface area contributed by atoms with Gasteiger partial charge in [0.2, 0.25) is 10.0 Å². The molecule has 2 aromatic carbocycles. The largest absolute Gasteiger partial charge is 0.434 e. The number of carbonyl (C=O) groups excluding carboxylic acids is 1. The third kappa shape index (κ3) is 5.65. The fourth-order valence-corrected chi connectivity index (χ4v) is 4.37. The monoisotopic (exact) mass is 446 g/mol. The van der Waals surface area contributed by atoms with Crippen molar-refractivity contribution >= 4 is 27.5 Å². The van der Waals surface area contributed by atoms with Crippen LogP contribution >= 0.6 is 11.6 Å². The van der Waals surface area contributed by atoms with Crippen molar-refractivity contribution < 1.29 is 26.7 Å². The van der Waals surface area contributed by atoms with Gasteiger partial charge in [-0.05, 0) is 24.3 Å². The van der Waals surface area contributed by atoms with Crippen LogP contribution in [0.25, 0.3) is 0 Å². The number of carbonyl (C=O) groups is 1. The van der Waals surface area contributed by atoms with Gasteiger partial charge in [-0.1, -0.05) is 43.6 Å². The predicted octanol–water partition coefficient (Wildman–Crippen LogP) is 3.90. The van der Waals surface area contributed by atoms with Crippen LogP contribution in [0.5, 0.6) is 5.75 Å². The van der Waals surface area contributed by atoms with Crippen molar-refractivity contribution in [2.24, 2.45) is 0 Å². The highest BCUT2D eigenvalue weighted by Crippen LogP contribution is 2.24. The van der Waals surface area contributed by atoms with Gasteiger partial charge in [0, 0.05) is 25.2 Å². The highest BCUT2D eigenvalue weighted by Gasteiger charge is 2.24. The highest BCUT2D eigenvalue weighted by molar-refractivity contribution is 7.89. The fraction of sp³-hybridized carbons (Fsp3) is 0.316. The minimum absolute atomic E-state index is 0.0350. The lowest BCUT2D eigenvalue weighted by molar-refractivity contribution is -0.0504. The summed E-state index contributed by atoms with van der Waals surface area (Å²) in [4.78, 5) is 12.5. The zero-order valence-corrected chi connectivity index (χ0v) is 17.4. The summed E-state index contributed by atoms with van der Waals surface area (Å²) < 4.78 is 56.0.